The summed E-state index contributed by atoms with van der Waals surface area (Å²) in [5.74, 6) is 0. The van der Waals surface area contributed by atoms with Crippen molar-refractivity contribution in [2.24, 2.45) is 0 Å². The molecule has 4 heterocycles. The van der Waals surface area contributed by atoms with Crippen LogP contribution in [0.25, 0.3) is 0 Å². The molecule has 4 aromatic rings. The number of H-pyrrole nitrogens is 2. The zero-order valence-electron chi connectivity index (χ0n) is 10.8. The van der Waals surface area contributed by atoms with E-state index in [-0.39, 0.29) is 0 Å². The molecule has 22 heavy (non-hydrogen) atoms. The van der Waals surface area contributed by atoms with Crippen molar-refractivity contribution in [3.63, 3.8) is 0 Å². The van der Waals surface area contributed by atoms with Gasteiger partial charge in [-0.15, -0.1) is 20.4 Å². The molecule has 112 valence electrons. The number of hydrogen-bond acceptors (Lipinski definition) is 8. The SMILES string of the molecule is c1ncn(S(n2cncn2)=S(c2nc[nH]n2)c2nc[nH]n2)n1. The lowest BCUT2D eigenvalue weighted by molar-refractivity contribution is 0.921. The van der Waals surface area contributed by atoms with Crippen LogP contribution in [-0.2, 0) is 19.3 Å². The van der Waals surface area contributed by atoms with Crippen molar-refractivity contribution >= 4 is 19.3 Å². The maximum Gasteiger partial charge on any atom is 0.218 e. The van der Waals surface area contributed by atoms with Crippen LogP contribution in [0.3, 0.4) is 0 Å². The Kier molecular flexibility index (Phi) is 3.28. The van der Waals surface area contributed by atoms with Gasteiger partial charge in [0.05, 0.1) is 9.83 Å². The Morgan fingerprint density at radius 1 is 0.818 bits per heavy atom. The monoisotopic (exact) mass is 336 g/mol. The van der Waals surface area contributed by atoms with Crippen molar-refractivity contribution in [1.29, 1.82) is 0 Å². The maximum absolute atomic E-state index is 4.25. The van der Waals surface area contributed by atoms with E-state index in [2.05, 4.69) is 50.5 Å². The Morgan fingerprint density at radius 3 is 1.73 bits per heavy atom. The van der Waals surface area contributed by atoms with Gasteiger partial charge in [-0.3, -0.25) is 10.2 Å². The molecule has 0 aliphatic carbocycles. The van der Waals surface area contributed by atoms with Gasteiger partial charge in [-0.1, -0.05) is 0 Å². The fourth-order valence-electron chi connectivity index (χ4n) is 1.58. The van der Waals surface area contributed by atoms with Crippen molar-refractivity contribution in [3.8, 4) is 0 Å². The average Bonchev–Trinajstić information content (AvgIpc) is 3.35. The van der Waals surface area contributed by atoms with Gasteiger partial charge in [0, 0.05) is 9.45 Å². The van der Waals surface area contributed by atoms with Gasteiger partial charge in [-0.25, -0.2) is 19.9 Å². The molecule has 0 saturated carbocycles. The summed E-state index contributed by atoms with van der Waals surface area (Å²) in [5, 5.41) is 23.3. The molecule has 0 fully saturated rings. The van der Waals surface area contributed by atoms with Gasteiger partial charge in [-0.2, -0.15) is 8.17 Å². The molecule has 4 rings (SSSR count). The van der Waals surface area contributed by atoms with Crippen LogP contribution in [0.15, 0.2) is 48.3 Å². The summed E-state index contributed by atoms with van der Waals surface area (Å²) in [6.45, 7) is 0. The molecular formula is C8H8N12S2. The summed E-state index contributed by atoms with van der Waals surface area (Å²) in [4.78, 5) is 16.5. The molecule has 0 radical (unpaired) electrons. The van der Waals surface area contributed by atoms with Crippen LogP contribution in [0.1, 0.15) is 0 Å². The molecule has 0 atom stereocenters. The third-order valence-electron chi connectivity index (χ3n) is 2.38. The number of aromatic nitrogens is 12. The van der Waals surface area contributed by atoms with Crippen molar-refractivity contribution in [1.82, 2.24) is 58.7 Å². The van der Waals surface area contributed by atoms with Gasteiger partial charge < -0.3 is 0 Å². The van der Waals surface area contributed by atoms with Gasteiger partial charge in [0.1, 0.15) is 38.0 Å². The van der Waals surface area contributed by atoms with E-state index in [1.807, 2.05) is 0 Å². The fourth-order valence-corrected chi connectivity index (χ4v) is 6.23. The largest absolute Gasteiger partial charge is 0.265 e. The first kappa shape index (κ1) is 13.0. The Bertz CT molecular complexity index is 713. The van der Waals surface area contributed by atoms with Crippen molar-refractivity contribution in [2.75, 3.05) is 0 Å². The Balaban J connectivity index is 2.06. The normalized spacial score (nSPS) is 11.5. The molecule has 14 heteroatoms. The van der Waals surface area contributed by atoms with Crippen LogP contribution < -0.4 is 0 Å². The topological polar surface area (TPSA) is 145 Å². The second-order valence-corrected chi connectivity index (χ2v) is 8.03. The van der Waals surface area contributed by atoms with E-state index in [0.29, 0.717) is 10.3 Å². The minimum atomic E-state index is -0.762. The molecule has 0 aliphatic rings. The summed E-state index contributed by atoms with van der Waals surface area (Å²) < 4.78 is 3.34. The van der Waals surface area contributed by atoms with Gasteiger partial charge >= 0.3 is 0 Å². The summed E-state index contributed by atoms with van der Waals surface area (Å²) in [6.07, 6.45) is 9.12. The highest BCUT2D eigenvalue weighted by Crippen LogP contribution is 2.14. The third kappa shape index (κ3) is 2.23. The lowest BCUT2D eigenvalue weighted by Gasteiger charge is -2.12. The highest BCUT2D eigenvalue weighted by atomic mass is 32.9. The van der Waals surface area contributed by atoms with Crippen LogP contribution in [-0.4, -0.2) is 58.7 Å². The quantitative estimate of drug-likeness (QED) is 0.463. The molecule has 0 aliphatic heterocycles. The van der Waals surface area contributed by atoms with E-state index < -0.39 is 19.3 Å². The highest BCUT2D eigenvalue weighted by Gasteiger charge is 2.20. The number of rotatable bonds is 4. The predicted molar refractivity (Wildman–Crippen MR) is 74.9 cm³/mol. The fraction of sp³-hybridized carbons (Fsp3) is 0. The molecule has 4 aromatic heterocycles. The molecule has 0 bridgehead atoms. The second kappa shape index (κ2) is 5.57. The zero-order valence-corrected chi connectivity index (χ0v) is 12.4. The third-order valence-corrected chi connectivity index (χ3v) is 7.46. The van der Waals surface area contributed by atoms with Crippen LogP contribution in [0.4, 0.5) is 0 Å². The van der Waals surface area contributed by atoms with Crippen molar-refractivity contribution in [3.05, 3.63) is 38.0 Å². The molecule has 12 nitrogen and oxygen atoms in total. The number of nitrogens with zero attached hydrogens (tertiary/aromatic N) is 10. The van der Waals surface area contributed by atoms with E-state index in [4.69, 9.17) is 0 Å². The Hall–Kier alpha value is -2.74. The highest BCUT2D eigenvalue weighted by molar-refractivity contribution is 8.42. The Morgan fingerprint density at radius 2 is 1.36 bits per heavy atom. The van der Waals surface area contributed by atoms with Gasteiger partial charge in [0.15, 0.2) is 0 Å². The molecule has 0 unspecified atom stereocenters. The Labute approximate surface area is 126 Å². The summed E-state index contributed by atoms with van der Waals surface area (Å²) in [7, 11) is -1.51. The van der Waals surface area contributed by atoms with Crippen LogP contribution >= 0.6 is 0 Å². The lowest BCUT2D eigenvalue weighted by atomic mass is 11.3. The van der Waals surface area contributed by atoms with Gasteiger partial charge in [-0.05, 0) is 0 Å². The number of hydrogen-bond donors (Lipinski definition) is 2. The van der Waals surface area contributed by atoms with Gasteiger partial charge in [0.25, 0.3) is 0 Å². The smallest absolute Gasteiger partial charge is 0.218 e. The lowest BCUT2D eigenvalue weighted by Crippen LogP contribution is -2.21. The van der Waals surface area contributed by atoms with Crippen molar-refractivity contribution in [2.45, 2.75) is 10.3 Å². The average molecular weight is 336 g/mol. The van der Waals surface area contributed by atoms with Crippen molar-refractivity contribution < 1.29 is 0 Å². The van der Waals surface area contributed by atoms with Gasteiger partial charge in [0.2, 0.25) is 10.3 Å². The molecule has 0 saturated heterocycles. The first-order valence-corrected chi connectivity index (χ1v) is 8.72. The summed E-state index contributed by atoms with van der Waals surface area (Å²) in [6, 6.07) is 0. The molecular weight excluding hydrogens is 328 g/mol. The first-order chi connectivity index (χ1) is 10.9. The van der Waals surface area contributed by atoms with E-state index in [9.17, 15) is 0 Å². The molecule has 0 spiro atoms. The maximum atomic E-state index is 4.25. The zero-order chi connectivity index (χ0) is 14.8. The predicted octanol–water partition coefficient (Wildman–Crippen LogP) is -1.40. The van der Waals surface area contributed by atoms with Crippen LogP contribution in [0, 0.1) is 0 Å². The first-order valence-electron chi connectivity index (χ1n) is 5.84. The minimum absolute atomic E-state index is 0.550. The van der Waals surface area contributed by atoms with E-state index in [1.165, 1.54) is 25.3 Å². The summed E-state index contributed by atoms with van der Waals surface area (Å²) in [5.41, 5.74) is 0. The molecule has 0 amide bonds. The standard InChI is InChI=1S/C8H8N12S2/c1-9-5-19(15-1)22(20-6-10-2-16-20)21(7-11-3-13-17-7)8-12-4-14-18-8/h1-6H,(H,11,13,17)(H,12,14,18). The van der Waals surface area contributed by atoms with E-state index >= 15 is 0 Å². The van der Waals surface area contributed by atoms with Crippen LogP contribution in [0.2, 0.25) is 0 Å². The molecule has 2 N–H and O–H groups in total. The minimum Gasteiger partial charge on any atom is -0.265 e. The van der Waals surface area contributed by atoms with E-state index in [0.717, 1.165) is 0 Å². The van der Waals surface area contributed by atoms with E-state index in [1.54, 1.807) is 20.8 Å². The number of nitrogens with one attached hydrogen (secondary N) is 2. The number of aromatic amines is 2. The molecule has 0 aromatic carbocycles. The summed E-state index contributed by atoms with van der Waals surface area (Å²) >= 11 is 0. The second-order valence-electron chi connectivity index (χ2n) is 3.66. The van der Waals surface area contributed by atoms with Crippen LogP contribution in [0.5, 0.6) is 0 Å².